The van der Waals surface area contributed by atoms with Gasteiger partial charge in [0.25, 0.3) is 0 Å². The van der Waals surface area contributed by atoms with Crippen molar-refractivity contribution in [3.63, 3.8) is 0 Å². The van der Waals surface area contributed by atoms with Crippen molar-refractivity contribution in [1.29, 1.82) is 0 Å². The minimum Gasteiger partial charge on any atom is -0.508 e. The Morgan fingerprint density at radius 2 is 2.00 bits per heavy atom. The van der Waals surface area contributed by atoms with Gasteiger partial charge in [0.15, 0.2) is 0 Å². The van der Waals surface area contributed by atoms with Gasteiger partial charge in [0, 0.05) is 6.42 Å². The van der Waals surface area contributed by atoms with Gasteiger partial charge in [-0.25, -0.2) is 0 Å². The molecule has 0 aliphatic carbocycles. The van der Waals surface area contributed by atoms with Crippen LogP contribution in [0.2, 0.25) is 0 Å². The van der Waals surface area contributed by atoms with E-state index in [-0.39, 0.29) is 0 Å². The second-order valence-electron chi connectivity index (χ2n) is 3.15. The standard InChI is InChI=1S/C11H12O2/c12-10-4-1-9(2-5-10)3-6-11-7-8-13-11/h1-6,11-12H,7-8H2. The third-order valence-electron chi connectivity index (χ3n) is 2.13. The lowest BCUT2D eigenvalue weighted by Gasteiger charge is -2.22. The molecule has 1 heterocycles. The van der Waals surface area contributed by atoms with Crippen LogP contribution in [-0.4, -0.2) is 17.8 Å². The van der Waals surface area contributed by atoms with E-state index >= 15 is 0 Å². The van der Waals surface area contributed by atoms with Gasteiger partial charge in [0.05, 0.1) is 12.7 Å². The number of ether oxygens (including phenoxy) is 1. The van der Waals surface area contributed by atoms with Gasteiger partial charge in [-0.2, -0.15) is 0 Å². The van der Waals surface area contributed by atoms with Gasteiger partial charge in [-0.15, -0.1) is 0 Å². The molecule has 0 radical (unpaired) electrons. The zero-order chi connectivity index (χ0) is 9.10. The van der Waals surface area contributed by atoms with Gasteiger partial charge in [0.2, 0.25) is 0 Å². The molecule has 0 bridgehead atoms. The maximum absolute atomic E-state index is 9.04. The summed E-state index contributed by atoms with van der Waals surface area (Å²) < 4.78 is 5.24. The monoisotopic (exact) mass is 176 g/mol. The molecule has 1 N–H and O–H groups in total. The molecular weight excluding hydrogens is 164 g/mol. The molecule has 13 heavy (non-hydrogen) atoms. The summed E-state index contributed by atoms with van der Waals surface area (Å²) in [7, 11) is 0. The third-order valence-corrected chi connectivity index (χ3v) is 2.13. The van der Waals surface area contributed by atoms with E-state index in [4.69, 9.17) is 9.84 Å². The highest BCUT2D eigenvalue weighted by atomic mass is 16.5. The van der Waals surface area contributed by atoms with Crippen molar-refractivity contribution in [3.05, 3.63) is 35.9 Å². The summed E-state index contributed by atoms with van der Waals surface area (Å²) in [5.74, 6) is 0.303. The highest BCUT2D eigenvalue weighted by molar-refractivity contribution is 5.51. The van der Waals surface area contributed by atoms with Gasteiger partial charge in [0.1, 0.15) is 5.75 Å². The highest BCUT2D eigenvalue weighted by Gasteiger charge is 2.13. The van der Waals surface area contributed by atoms with Crippen molar-refractivity contribution < 1.29 is 9.84 Å². The van der Waals surface area contributed by atoms with Gasteiger partial charge in [-0.05, 0) is 17.7 Å². The van der Waals surface area contributed by atoms with E-state index in [2.05, 4.69) is 6.08 Å². The summed E-state index contributed by atoms with van der Waals surface area (Å²) in [6.07, 6.45) is 5.49. The molecule has 1 aromatic rings. The minimum atomic E-state index is 0.300. The molecule has 1 aliphatic heterocycles. The largest absolute Gasteiger partial charge is 0.508 e. The van der Waals surface area contributed by atoms with Crippen molar-refractivity contribution in [2.45, 2.75) is 12.5 Å². The molecule has 1 aliphatic rings. The van der Waals surface area contributed by atoms with Crippen LogP contribution in [0.25, 0.3) is 6.08 Å². The van der Waals surface area contributed by atoms with Gasteiger partial charge in [-0.3, -0.25) is 0 Å². The van der Waals surface area contributed by atoms with E-state index in [0.29, 0.717) is 11.9 Å². The molecule has 2 rings (SSSR count). The maximum atomic E-state index is 9.04. The SMILES string of the molecule is Oc1ccc(C=CC2CCO2)cc1. The molecule has 1 unspecified atom stereocenters. The molecule has 0 aromatic heterocycles. The lowest BCUT2D eigenvalue weighted by Crippen LogP contribution is -2.23. The zero-order valence-electron chi connectivity index (χ0n) is 7.31. The number of rotatable bonds is 2. The van der Waals surface area contributed by atoms with Crippen LogP contribution < -0.4 is 0 Å². The van der Waals surface area contributed by atoms with E-state index < -0.39 is 0 Å². The summed E-state index contributed by atoms with van der Waals surface area (Å²) in [6, 6.07) is 7.12. The Morgan fingerprint density at radius 3 is 2.54 bits per heavy atom. The molecule has 1 aromatic carbocycles. The predicted octanol–water partition coefficient (Wildman–Crippen LogP) is 2.19. The van der Waals surface area contributed by atoms with Crippen LogP contribution in [0.4, 0.5) is 0 Å². The Labute approximate surface area is 77.5 Å². The average Bonchev–Trinajstić information content (AvgIpc) is 2.05. The molecule has 1 fully saturated rings. The van der Waals surface area contributed by atoms with E-state index in [1.54, 1.807) is 12.1 Å². The molecule has 1 atom stereocenters. The Hall–Kier alpha value is -1.28. The van der Waals surface area contributed by atoms with Crippen molar-refractivity contribution in [2.75, 3.05) is 6.61 Å². The van der Waals surface area contributed by atoms with Gasteiger partial charge >= 0.3 is 0 Å². The van der Waals surface area contributed by atoms with Crippen molar-refractivity contribution in [3.8, 4) is 5.75 Å². The average molecular weight is 176 g/mol. The molecule has 1 saturated heterocycles. The number of aromatic hydroxyl groups is 1. The van der Waals surface area contributed by atoms with Crippen molar-refractivity contribution in [1.82, 2.24) is 0 Å². The van der Waals surface area contributed by atoms with E-state index in [0.717, 1.165) is 18.6 Å². The number of phenols is 1. The van der Waals surface area contributed by atoms with Crippen LogP contribution in [0.15, 0.2) is 30.3 Å². The van der Waals surface area contributed by atoms with Crippen molar-refractivity contribution >= 4 is 6.08 Å². The number of hydrogen-bond acceptors (Lipinski definition) is 2. The Bertz CT molecular complexity index is 296. The Kier molecular flexibility index (Phi) is 2.32. The predicted molar refractivity (Wildman–Crippen MR) is 51.5 cm³/mol. The molecule has 0 amide bonds. The maximum Gasteiger partial charge on any atom is 0.115 e. The molecule has 0 saturated carbocycles. The van der Waals surface area contributed by atoms with Crippen LogP contribution in [-0.2, 0) is 4.74 Å². The number of hydrogen-bond donors (Lipinski definition) is 1. The fraction of sp³-hybridized carbons (Fsp3) is 0.273. The van der Waals surface area contributed by atoms with E-state index in [9.17, 15) is 0 Å². The van der Waals surface area contributed by atoms with E-state index in [1.807, 2.05) is 18.2 Å². The Balaban J connectivity index is 2.00. The first-order chi connectivity index (χ1) is 6.34. The molecule has 0 spiro atoms. The van der Waals surface area contributed by atoms with Crippen LogP contribution in [0, 0.1) is 0 Å². The quantitative estimate of drug-likeness (QED) is 0.748. The van der Waals surface area contributed by atoms with Crippen LogP contribution in [0.1, 0.15) is 12.0 Å². The fourth-order valence-electron chi connectivity index (χ4n) is 1.21. The summed E-state index contributed by atoms with van der Waals surface area (Å²) in [6.45, 7) is 0.880. The van der Waals surface area contributed by atoms with Crippen LogP contribution in [0.3, 0.4) is 0 Å². The topological polar surface area (TPSA) is 29.5 Å². The first-order valence-electron chi connectivity index (χ1n) is 4.43. The van der Waals surface area contributed by atoms with Gasteiger partial charge in [-0.1, -0.05) is 24.3 Å². The number of benzene rings is 1. The zero-order valence-corrected chi connectivity index (χ0v) is 7.31. The Morgan fingerprint density at radius 1 is 1.31 bits per heavy atom. The third kappa shape index (κ3) is 2.10. The molecule has 2 nitrogen and oxygen atoms in total. The smallest absolute Gasteiger partial charge is 0.115 e. The second-order valence-corrected chi connectivity index (χ2v) is 3.15. The minimum absolute atomic E-state index is 0.300. The van der Waals surface area contributed by atoms with Crippen LogP contribution in [0.5, 0.6) is 5.75 Å². The summed E-state index contributed by atoms with van der Waals surface area (Å²) in [4.78, 5) is 0. The van der Waals surface area contributed by atoms with Crippen molar-refractivity contribution in [2.24, 2.45) is 0 Å². The lowest BCUT2D eigenvalue weighted by molar-refractivity contribution is -0.0180. The normalized spacial score (nSPS) is 21.7. The molecule has 68 valence electrons. The summed E-state index contributed by atoms with van der Waals surface area (Å²) in [5.41, 5.74) is 1.09. The van der Waals surface area contributed by atoms with E-state index in [1.165, 1.54) is 0 Å². The number of phenolic OH excluding ortho intramolecular Hbond substituents is 1. The second kappa shape index (κ2) is 3.62. The molecular formula is C11H12O2. The summed E-state index contributed by atoms with van der Waals surface area (Å²) >= 11 is 0. The summed E-state index contributed by atoms with van der Waals surface area (Å²) in [5, 5.41) is 9.04. The lowest BCUT2D eigenvalue weighted by atomic mass is 10.1. The first kappa shape index (κ1) is 8.32. The van der Waals surface area contributed by atoms with Gasteiger partial charge < -0.3 is 9.84 Å². The highest BCUT2D eigenvalue weighted by Crippen LogP contribution is 2.15. The first-order valence-corrected chi connectivity index (χ1v) is 4.43. The fourth-order valence-corrected chi connectivity index (χ4v) is 1.21. The van der Waals surface area contributed by atoms with Crippen LogP contribution >= 0.6 is 0 Å². The molecule has 2 heteroatoms.